The lowest BCUT2D eigenvalue weighted by molar-refractivity contribution is -0.122. The van der Waals surface area contributed by atoms with E-state index in [4.69, 9.17) is 0 Å². The van der Waals surface area contributed by atoms with E-state index in [-0.39, 0.29) is 18.1 Å². The highest BCUT2D eigenvalue weighted by atomic mass is 16.3. The van der Waals surface area contributed by atoms with Crippen LogP contribution in [0.3, 0.4) is 0 Å². The fourth-order valence-corrected chi connectivity index (χ4v) is 3.59. The van der Waals surface area contributed by atoms with Gasteiger partial charge in [0.15, 0.2) is 0 Å². The summed E-state index contributed by atoms with van der Waals surface area (Å²) < 4.78 is 0. The summed E-state index contributed by atoms with van der Waals surface area (Å²) in [5.41, 5.74) is 1.24. The number of carbonyl (C=O) groups is 1. The van der Waals surface area contributed by atoms with Gasteiger partial charge < -0.3 is 10.4 Å². The Kier molecular flexibility index (Phi) is 5.87. The summed E-state index contributed by atoms with van der Waals surface area (Å²) in [6.07, 6.45) is 2.88. The Hall–Kier alpha value is -1.43. The molecule has 1 aliphatic carbocycles. The van der Waals surface area contributed by atoms with Crippen molar-refractivity contribution in [3.8, 4) is 0 Å². The SMILES string of the molecule is CCN(CC(=O)NCC1CC(O)CN1Cc1ccccc1)C1CC1. The predicted octanol–water partition coefficient (Wildman–Crippen LogP) is 1.22. The highest BCUT2D eigenvalue weighted by Crippen LogP contribution is 2.26. The van der Waals surface area contributed by atoms with Gasteiger partial charge in [-0.1, -0.05) is 37.3 Å². The lowest BCUT2D eigenvalue weighted by Crippen LogP contribution is -2.44. The Morgan fingerprint density at radius 3 is 2.75 bits per heavy atom. The summed E-state index contributed by atoms with van der Waals surface area (Å²) in [6, 6.07) is 11.1. The molecule has 24 heavy (non-hydrogen) atoms. The summed E-state index contributed by atoms with van der Waals surface area (Å²) in [5.74, 6) is 0.102. The molecular formula is C19H29N3O2. The predicted molar refractivity (Wildman–Crippen MR) is 94.5 cm³/mol. The molecule has 1 saturated heterocycles. The summed E-state index contributed by atoms with van der Waals surface area (Å²) in [7, 11) is 0. The van der Waals surface area contributed by atoms with E-state index in [9.17, 15) is 9.90 Å². The number of β-amino-alcohol motifs (C(OH)–C–C–N with tert-alkyl or cyclic N) is 1. The van der Waals surface area contributed by atoms with Gasteiger partial charge in [0.2, 0.25) is 5.91 Å². The van der Waals surface area contributed by atoms with Crippen LogP contribution in [-0.4, -0.2) is 65.2 Å². The van der Waals surface area contributed by atoms with Crippen molar-refractivity contribution in [1.29, 1.82) is 0 Å². The molecule has 0 radical (unpaired) electrons. The van der Waals surface area contributed by atoms with Gasteiger partial charge in [-0.25, -0.2) is 0 Å². The average molecular weight is 331 g/mol. The molecule has 1 aromatic rings. The third-order valence-electron chi connectivity index (χ3n) is 5.09. The number of aliphatic hydroxyl groups is 1. The van der Waals surface area contributed by atoms with Gasteiger partial charge in [0.05, 0.1) is 12.6 Å². The van der Waals surface area contributed by atoms with Crippen LogP contribution >= 0.6 is 0 Å². The zero-order valence-electron chi connectivity index (χ0n) is 14.5. The molecular weight excluding hydrogens is 302 g/mol. The fraction of sp³-hybridized carbons (Fsp3) is 0.632. The third-order valence-corrected chi connectivity index (χ3v) is 5.09. The minimum atomic E-state index is -0.297. The number of carbonyl (C=O) groups excluding carboxylic acids is 1. The van der Waals surface area contributed by atoms with Crippen molar-refractivity contribution in [2.75, 3.05) is 26.2 Å². The maximum Gasteiger partial charge on any atom is 0.234 e. The van der Waals surface area contributed by atoms with E-state index in [0.717, 1.165) is 19.5 Å². The van der Waals surface area contributed by atoms with E-state index < -0.39 is 0 Å². The lowest BCUT2D eigenvalue weighted by Gasteiger charge is -2.25. The molecule has 1 aromatic carbocycles. The van der Waals surface area contributed by atoms with Crippen LogP contribution in [0, 0.1) is 0 Å². The van der Waals surface area contributed by atoms with Crippen LogP contribution < -0.4 is 5.32 Å². The highest BCUT2D eigenvalue weighted by molar-refractivity contribution is 5.78. The smallest absolute Gasteiger partial charge is 0.234 e. The zero-order chi connectivity index (χ0) is 16.9. The van der Waals surface area contributed by atoms with Crippen molar-refractivity contribution < 1.29 is 9.90 Å². The van der Waals surface area contributed by atoms with Crippen LogP contribution in [0.25, 0.3) is 0 Å². The zero-order valence-corrected chi connectivity index (χ0v) is 14.5. The second kappa shape index (κ2) is 8.10. The third kappa shape index (κ3) is 4.79. The number of benzene rings is 1. The number of nitrogens with zero attached hydrogens (tertiary/aromatic N) is 2. The molecule has 2 unspecified atom stereocenters. The maximum absolute atomic E-state index is 12.2. The van der Waals surface area contributed by atoms with Gasteiger partial charge in [0.1, 0.15) is 0 Å². The molecule has 2 fully saturated rings. The monoisotopic (exact) mass is 331 g/mol. The number of likely N-dealkylation sites (tertiary alicyclic amines) is 1. The van der Waals surface area contributed by atoms with Crippen molar-refractivity contribution in [2.24, 2.45) is 0 Å². The molecule has 0 bridgehead atoms. The summed E-state index contributed by atoms with van der Waals surface area (Å²) >= 11 is 0. The van der Waals surface area contributed by atoms with Crippen molar-refractivity contribution in [1.82, 2.24) is 15.1 Å². The molecule has 1 heterocycles. The van der Waals surface area contributed by atoms with E-state index in [1.165, 1.54) is 18.4 Å². The number of aliphatic hydroxyl groups excluding tert-OH is 1. The standard InChI is InChI=1S/C19H29N3O2/c1-2-21(16-8-9-16)14-19(24)20-11-17-10-18(23)13-22(17)12-15-6-4-3-5-7-15/h3-7,16-18,23H,2,8-14H2,1H3,(H,20,24). The van der Waals surface area contributed by atoms with Gasteiger partial charge in [0, 0.05) is 31.7 Å². The van der Waals surface area contributed by atoms with Gasteiger partial charge in [-0.3, -0.25) is 14.6 Å². The van der Waals surface area contributed by atoms with E-state index in [1.54, 1.807) is 0 Å². The molecule has 0 spiro atoms. The molecule has 5 nitrogen and oxygen atoms in total. The van der Waals surface area contributed by atoms with E-state index >= 15 is 0 Å². The molecule has 0 aromatic heterocycles. The minimum Gasteiger partial charge on any atom is -0.392 e. The highest BCUT2D eigenvalue weighted by Gasteiger charge is 2.32. The van der Waals surface area contributed by atoms with Gasteiger partial charge >= 0.3 is 0 Å². The van der Waals surface area contributed by atoms with Crippen LogP contribution in [0.4, 0.5) is 0 Å². The van der Waals surface area contributed by atoms with Crippen molar-refractivity contribution in [3.63, 3.8) is 0 Å². The average Bonchev–Trinajstić information content (AvgIpc) is 3.36. The van der Waals surface area contributed by atoms with Crippen LogP contribution in [0.15, 0.2) is 30.3 Å². The quantitative estimate of drug-likeness (QED) is 0.752. The van der Waals surface area contributed by atoms with Crippen molar-refractivity contribution in [2.45, 2.75) is 50.9 Å². The molecule has 1 saturated carbocycles. The number of rotatable bonds is 8. The topological polar surface area (TPSA) is 55.8 Å². The van der Waals surface area contributed by atoms with Gasteiger partial charge in [0.25, 0.3) is 0 Å². The second-order valence-electron chi connectivity index (χ2n) is 7.06. The Bertz CT molecular complexity index is 533. The summed E-state index contributed by atoms with van der Waals surface area (Å²) in [4.78, 5) is 16.7. The molecule has 2 atom stereocenters. The lowest BCUT2D eigenvalue weighted by atomic mass is 10.1. The second-order valence-corrected chi connectivity index (χ2v) is 7.06. The Morgan fingerprint density at radius 2 is 2.08 bits per heavy atom. The van der Waals surface area contributed by atoms with E-state index in [2.05, 4.69) is 34.2 Å². The van der Waals surface area contributed by atoms with Crippen LogP contribution in [0.1, 0.15) is 31.7 Å². The first-order chi connectivity index (χ1) is 11.7. The van der Waals surface area contributed by atoms with Crippen LogP contribution in [0.2, 0.25) is 0 Å². The molecule has 132 valence electrons. The first-order valence-electron chi connectivity index (χ1n) is 9.12. The van der Waals surface area contributed by atoms with Crippen LogP contribution in [0.5, 0.6) is 0 Å². The fourth-order valence-electron chi connectivity index (χ4n) is 3.59. The van der Waals surface area contributed by atoms with Gasteiger partial charge in [-0.15, -0.1) is 0 Å². The molecule has 1 amide bonds. The molecule has 1 aliphatic heterocycles. The molecule has 3 rings (SSSR count). The van der Waals surface area contributed by atoms with E-state index in [0.29, 0.717) is 25.7 Å². The first-order valence-corrected chi connectivity index (χ1v) is 9.12. The minimum absolute atomic E-state index is 0.102. The number of likely N-dealkylation sites (N-methyl/N-ethyl adjacent to an activating group) is 1. The first kappa shape index (κ1) is 17.4. The normalized spacial score (nSPS) is 24.5. The Labute approximate surface area is 144 Å². The Balaban J connectivity index is 1.48. The molecule has 5 heteroatoms. The van der Waals surface area contributed by atoms with Gasteiger partial charge in [-0.2, -0.15) is 0 Å². The van der Waals surface area contributed by atoms with Crippen LogP contribution in [-0.2, 0) is 11.3 Å². The number of amides is 1. The van der Waals surface area contributed by atoms with Crippen molar-refractivity contribution in [3.05, 3.63) is 35.9 Å². The molecule has 2 N–H and O–H groups in total. The van der Waals surface area contributed by atoms with Crippen molar-refractivity contribution >= 4 is 5.91 Å². The van der Waals surface area contributed by atoms with E-state index in [1.807, 2.05) is 18.2 Å². The number of hydrogen-bond donors (Lipinski definition) is 2. The van der Waals surface area contributed by atoms with Gasteiger partial charge in [-0.05, 0) is 31.4 Å². The number of nitrogens with one attached hydrogen (secondary N) is 1. The largest absolute Gasteiger partial charge is 0.392 e. The number of hydrogen-bond acceptors (Lipinski definition) is 4. The summed E-state index contributed by atoms with van der Waals surface area (Å²) in [6.45, 7) is 5.65. The maximum atomic E-state index is 12.2. The molecule has 2 aliphatic rings. The summed E-state index contributed by atoms with van der Waals surface area (Å²) in [5, 5.41) is 13.1. The Morgan fingerprint density at radius 1 is 1.33 bits per heavy atom.